The quantitative estimate of drug-likeness (QED) is 0.788. The Morgan fingerprint density at radius 1 is 1.75 bits per heavy atom. The van der Waals surface area contributed by atoms with Crippen molar-refractivity contribution in [3.8, 4) is 0 Å². The number of carbonyl (C=O) groups is 1. The Hall–Kier alpha value is -0.940. The van der Waals surface area contributed by atoms with Crippen molar-refractivity contribution in [2.75, 3.05) is 0 Å². The summed E-state index contributed by atoms with van der Waals surface area (Å²) in [5.74, 6) is 0.463. The average molecular weight is 239 g/mol. The van der Waals surface area contributed by atoms with Crippen LogP contribution in [-0.4, -0.2) is 16.9 Å². The summed E-state index contributed by atoms with van der Waals surface area (Å²) in [6.45, 7) is 2.74. The summed E-state index contributed by atoms with van der Waals surface area (Å²) < 4.78 is 0. The van der Waals surface area contributed by atoms with Crippen molar-refractivity contribution < 1.29 is 4.79 Å². The van der Waals surface area contributed by atoms with E-state index in [0.29, 0.717) is 6.42 Å². The van der Waals surface area contributed by atoms with Crippen molar-refractivity contribution in [2.24, 2.45) is 5.73 Å². The first-order valence-electron chi connectivity index (χ1n) is 5.61. The second kappa shape index (κ2) is 4.93. The van der Waals surface area contributed by atoms with Crippen LogP contribution in [0.1, 0.15) is 42.0 Å². The van der Waals surface area contributed by atoms with Gasteiger partial charge in [-0.1, -0.05) is 0 Å². The summed E-state index contributed by atoms with van der Waals surface area (Å²) in [4.78, 5) is 16.3. The summed E-state index contributed by atoms with van der Waals surface area (Å²) in [5, 5.41) is 4.54. The molecule has 1 aliphatic carbocycles. The molecule has 0 bridgehead atoms. The van der Waals surface area contributed by atoms with E-state index >= 15 is 0 Å². The zero-order valence-electron chi connectivity index (χ0n) is 9.40. The molecule has 16 heavy (non-hydrogen) atoms. The third kappa shape index (κ3) is 3.28. The molecule has 0 saturated heterocycles. The standard InChI is InChI=1S/C11H17N3OS/c1-7(4-10(12)15)13-5-9-6-14-11(16-9)8-2-3-8/h6-8,13H,2-5H2,1H3,(H2,12,15). The van der Waals surface area contributed by atoms with Gasteiger partial charge >= 0.3 is 0 Å². The van der Waals surface area contributed by atoms with Gasteiger partial charge in [0.15, 0.2) is 0 Å². The predicted octanol–water partition coefficient (Wildman–Crippen LogP) is 1.37. The minimum absolute atomic E-state index is 0.129. The molecule has 0 aromatic carbocycles. The predicted molar refractivity (Wildman–Crippen MR) is 64.2 cm³/mol. The van der Waals surface area contributed by atoms with E-state index in [-0.39, 0.29) is 11.9 Å². The fraction of sp³-hybridized carbons (Fsp3) is 0.636. The smallest absolute Gasteiger partial charge is 0.218 e. The summed E-state index contributed by atoms with van der Waals surface area (Å²) >= 11 is 1.77. The van der Waals surface area contributed by atoms with E-state index in [1.807, 2.05) is 13.1 Å². The van der Waals surface area contributed by atoms with Crippen LogP contribution in [0.25, 0.3) is 0 Å². The highest BCUT2D eigenvalue weighted by molar-refractivity contribution is 7.11. The van der Waals surface area contributed by atoms with Gasteiger partial charge in [0.1, 0.15) is 0 Å². The highest BCUT2D eigenvalue weighted by atomic mass is 32.1. The van der Waals surface area contributed by atoms with Gasteiger partial charge in [-0.05, 0) is 19.8 Å². The number of hydrogen-bond donors (Lipinski definition) is 2. The fourth-order valence-electron chi connectivity index (χ4n) is 1.57. The Morgan fingerprint density at radius 2 is 2.50 bits per heavy atom. The van der Waals surface area contributed by atoms with Crippen LogP contribution in [0.15, 0.2) is 6.20 Å². The third-order valence-electron chi connectivity index (χ3n) is 2.63. The molecule has 1 aromatic heterocycles. The highest BCUT2D eigenvalue weighted by Crippen LogP contribution is 2.41. The number of thiazole rings is 1. The monoisotopic (exact) mass is 239 g/mol. The van der Waals surface area contributed by atoms with Gasteiger partial charge in [-0.25, -0.2) is 4.98 Å². The lowest BCUT2D eigenvalue weighted by molar-refractivity contribution is -0.118. The van der Waals surface area contributed by atoms with E-state index in [4.69, 9.17) is 5.73 Å². The minimum atomic E-state index is -0.261. The van der Waals surface area contributed by atoms with Crippen molar-refractivity contribution >= 4 is 17.2 Å². The molecule has 1 aromatic rings. The second-order valence-electron chi connectivity index (χ2n) is 4.39. The molecule has 1 aliphatic rings. The molecule has 0 radical (unpaired) electrons. The van der Waals surface area contributed by atoms with Crippen LogP contribution in [0.3, 0.4) is 0 Å². The molecular weight excluding hydrogens is 222 g/mol. The Labute approximate surface area is 99.3 Å². The first-order chi connectivity index (χ1) is 7.65. The van der Waals surface area contributed by atoms with Gasteiger partial charge < -0.3 is 11.1 Å². The molecular formula is C11H17N3OS. The Bertz CT molecular complexity index is 373. The summed E-state index contributed by atoms with van der Waals surface area (Å²) in [7, 11) is 0. The Kier molecular flexibility index (Phi) is 3.56. The second-order valence-corrected chi connectivity index (χ2v) is 5.54. The number of primary amides is 1. The fourth-order valence-corrected chi connectivity index (χ4v) is 2.61. The van der Waals surface area contributed by atoms with Crippen LogP contribution in [-0.2, 0) is 11.3 Å². The van der Waals surface area contributed by atoms with Gasteiger partial charge in [0.2, 0.25) is 5.91 Å². The van der Waals surface area contributed by atoms with E-state index < -0.39 is 0 Å². The van der Waals surface area contributed by atoms with E-state index in [2.05, 4.69) is 10.3 Å². The largest absolute Gasteiger partial charge is 0.370 e. The van der Waals surface area contributed by atoms with Crippen LogP contribution in [0.2, 0.25) is 0 Å². The molecule has 1 atom stereocenters. The van der Waals surface area contributed by atoms with Gasteiger partial charge in [-0.3, -0.25) is 4.79 Å². The average Bonchev–Trinajstić information content (AvgIpc) is 2.94. The summed E-state index contributed by atoms with van der Waals surface area (Å²) in [6.07, 6.45) is 4.90. The molecule has 1 unspecified atom stereocenters. The molecule has 1 saturated carbocycles. The molecule has 4 nitrogen and oxygen atoms in total. The molecule has 0 aliphatic heterocycles. The molecule has 1 fully saturated rings. The van der Waals surface area contributed by atoms with E-state index in [1.54, 1.807) is 11.3 Å². The van der Waals surface area contributed by atoms with Crippen molar-refractivity contribution in [2.45, 2.75) is 44.7 Å². The first-order valence-corrected chi connectivity index (χ1v) is 6.43. The maximum Gasteiger partial charge on any atom is 0.218 e. The van der Waals surface area contributed by atoms with Crippen LogP contribution in [0.4, 0.5) is 0 Å². The van der Waals surface area contributed by atoms with Gasteiger partial charge in [0.05, 0.1) is 5.01 Å². The van der Waals surface area contributed by atoms with Crippen LogP contribution in [0, 0.1) is 0 Å². The lowest BCUT2D eigenvalue weighted by atomic mass is 10.2. The maximum absolute atomic E-state index is 10.7. The maximum atomic E-state index is 10.7. The first kappa shape index (κ1) is 11.5. The topological polar surface area (TPSA) is 68.0 Å². The number of aromatic nitrogens is 1. The zero-order valence-corrected chi connectivity index (χ0v) is 10.2. The van der Waals surface area contributed by atoms with Gasteiger partial charge in [0.25, 0.3) is 0 Å². The van der Waals surface area contributed by atoms with Crippen molar-refractivity contribution in [3.05, 3.63) is 16.1 Å². The number of nitrogens with one attached hydrogen (secondary N) is 1. The third-order valence-corrected chi connectivity index (χ3v) is 3.79. The number of nitrogens with two attached hydrogens (primary N) is 1. The number of carbonyl (C=O) groups excluding carboxylic acids is 1. The molecule has 5 heteroatoms. The van der Waals surface area contributed by atoms with Crippen molar-refractivity contribution in [3.63, 3.8) is 0 Å². The molecule has 1 heterocycles. The lowest BCUT2D eigenvalue weighted by Gasteiger charge is -2.09. The molecule has 2 rings (SSSR count). The van der Waals surface area contributed by atoms with E-state index in [1.165, 1.54) is 22.7 Å². The summed E-state index contributed by atoms with van der Waals surface area (Å²) in [5.41, 5.74) is 5.13. The molecule has 1 amide bonds. The molecule has 3 N–H and O–H groups in total. The Balaban J connectivity index is 1.77. The van der Waals surface area contributed by atoms with Crippen LogP contribution < -0.4 is 11.1 Å². The number of hydrogen-bond acceptors (Lipinski definition) is 4. The van der Waals surface area contributed by atoms with E-state index in [0.717, 1.165) is 12.5 Å². The van der Waals surface area contributed by atoms with E-state index in [9.17, 15) is 4.79 Å². The highest BCUT2D eigenvalue weighted by Gasteiger charge is 2.26. The zero-order chi connectivity index (χ0) is 11.5. The van der Waals surface area contributed by atoms with Gasteiger partial charge in [-0.2, -0.15) is 0 Å². The lowest BCUT2D eigenvalue weighted by Crippen LogP contribution is -2.30. The summed E-state index contributed by atoms with van der Waals surface area (Å²) in [6, 6.07) is 0.129. The SMILES string of the molecule is CC(CC(N)=O)NCc1cnc(C2CC2)s1. The van der Waals surface area contributed by atoms with Gasteiger partial charge in [-0.15, -0.1) is 11.3 Å². The van der Waals surface area contributed by atoms with Crippen LogP contribution >= 0.6 is 11.3 Å². The number of rotatable bonds is 6. The normalized spacial score (nSPS) is 17.3. The molecule has 88 valence electrons. The number of nitrogens with zero attached hydrogens (tertiary/aromatic N) is 1. The Morgan fingerprint density at radius 3 is 3.12 bits per heavy atom. The number of amides is 1. The van der Waals surface area contributed by atoms with Gasteiger partial charge in [0, 0.05) is 36.0 Å². The molecule has 0 spiro atoms. The van der Waals surface area contributed by atoms with Crippen LogP contribution in [0.5, 0.6) is 0 Å². The minimum Gasteiger partial charge on any atom is -0.370 e. The van der Waals surface area contributed by atoms with Crippen molar-refractivity contribution in [1.82, 2.24) is 10.3 Å². The van der Waals surface area contributed by atoms with Crippen molar-refractivity contribution in [1.29, 1.82) is 0 Å².